The lowest BCUT2D eigenvalue weighted by Crippen LogP contribution is -2.13. The van der Waals surface area contributed by atoms with Crippen LogP contribution in [0.2, 0.25) is 0 Å². The highest BCUT2D eigenvalue weighted by molar-refractivity contribution is 6.11. The van der Waals surface area contributed by atoms with Crippen LogP contribution in [0.4, 0.5) is 0 Å². The molecule has 0 unspecified atom stereocenters. The van der Waals surface area contributed by atoms with Gasteiger partial charge in [0.15, 0.2) is 0 Å². The number of hydrogen-bond acceptors (Lipinski definition) is 3. The number of pyridine rings is 2. The number of para-hydroxylation sites is 1. The molecule has 0 aliphatic carbocycles. The number of nitrogens with zero attached hydrogens (tertiary/aromatic N) is 3. The van der Waals surface area contributed by atoms with Crippen molar-refractivity contribution in [3.63, 3.8) is 0 Å². The highest BCUT2D eigenvalue weighted by Crippen LogP contribution is 2.43. The lowest BCUT2D eigenvalue weighted by Gasteiger charge is -2.24. The van der Waals surface area contributed by atoms with Crippen LogP contribution in [0.3, 0.4) is 0 Å². The van der Waals surface area contributed by atoms with Crippen molar-refractivity contribution < 1.29 is 5.11 Å². The van der Waals surface area contributed by atoms with Crippen molar-refractivity contribution in [2.24, 2.45) is 0 Å². The summed E-state index contributed by atoms with van der Waals surface area (Å²) in [6, 6.07) is 30.9. The molecule has 0 amide bonds. The normalized spacial score (nSPS) is 12.3. The fraction of sp³-hybridized carbons (Fsp3) is 0.222. The van der Waals surface area contributed by atoms with Gasteiger partial charge in [-0.25, -0.2) is 4.98 Å². The third-order valence-electron chi connectivity index (χ3n) is 7.66. The lowest BCUT2D eigenvalue weighted by molar-refractivity contribution is 0.477. The van der Waals surface area contributed by atoms with Crippen molar-refractivity contribution in [3.8, 4) is 34.1 Å². The monoisotopic (exact) mass is 525 g/mol. The van der Waals surface area contributed by atoms with Gasteiger partial charge in [-0.2, -0.15) is 0 Å². The van der Waals surface area contributed by atoms with Gasteiger partial charge in [-0.3, -0.25) is 9.55 Å². The van der Waals surface area contributed by atoms with Crippen LogP contribution in [0, 0.1) is 0 Å². The van der Waals surface area contributed by atoms with E-state index in [0.717, 1.165) is 39.4 Å². The number of hydrogen-bond donors (Lipinski definition) is 1. The van der Waals surface area contributed by atoms with Gasteiger partial charge in [0.25, 0.3) is 0 Å². The molecule has 1 N–H and O–H groups in total. The largest absolute Gasteiger partial charge is 0.507 e. The van der Waals surface area contributed by atoms with Crippen molar-refractivity contribution in [2.45, 2.75) is 52.4 Å². The van der Waals surface area contributed by atoms with E-state index in [1.807, 2.05) is 48.5 Å². The summed E-state index contributed by atoms with van der Waals surface area (Å²) < 4.78 is 2.25. The van der Waals surface area contributed by atoms with Crippen LogP contribution in [-0.2, 0) is 10.8 Å². The predicted molar refractivity (Wildman–Crippen MR) is 166 cm³/mol. The summed E-state index contributed by atoms with van der Waals surface area (Å²) in [7, 11) is 0. The summed E-state index contributed by atoms with van der Waals surface area (Å²) in [5.74, 6) is 1.11. The molecule has 0 aliphatic heterocycles. The second kappa shape index (κ2) is 9.34. The Hall–Kier alpha value is -4.44. The Kier molecular flexibility index (Phi) is 6.03. The van der Waals surface area contributed by atoms with E-state index in [-0.39, 0.29) is 16.6 Å². The highest BCUT2D eigenvalue weighted by Gasteiger charge is 2.25. The zero-order chi connectivity index (χ0) is 28.2. The summed E-state index contributed by atoms with van der Waals surface area (Å²) in [6.07, 6.45) is 1.80. The quantitative estimate of drug-likeness (QED) is 0.250. The summed E-state index contributed by atoms with van der Waals surface area (Å²) >= 11 is 0. The molecule has 40 heavy (non-hydrogen) atoms. The van der Waals surface area contributed by atoms with Crippen LogP contribution in [0.15, 0.2) is 97.2 Å². The number of rotatable bonds is 3. The summed E-state index contributed by atoms with van der Waals surface area (Å²) in [5, 5.41) is 13.3. The summed E-state index contributed by atoms with van der Waals surface area (Å²) in [6.45, 7) is 13.5. The molecule has 0 fully saturated rings. The fourth-order valence-electron chi connectivity index (χ4n) is 5.53. The summed E-state index contributed by atoms with van der Waals surface area (Å²) in [4.78, 5) is 9.64. The Balaban J connectivity index is 1.74. The minimum Gasteiger partial charge on any atom is -0.507 e. The first-order valence-corrected chi connectivity index (χ1v) is 13.8. The van der Waals surface area contributed by atoms with Crippen LogP contribution < -0.4 is 0 Å². The number of aromatic hydroxyl groups is 1. The first-order chi connectivity index (χ1) is 19.0. The molecular weight excluding hydrogens is 490 g/mol. The van der Waals surface area contributed by atoms with Gasteiger partial charge < -0.3 is 5.11 Å². The van der Waals surface area contributed by atoms with Crippen LogP contribution >= 0.6 is 0 Å². The molecule has 3 heterocycles. The topological polar surface area (TPSA) is 50.9 Å². The summed E-state index contributed by atoms with van der Waals surface area (Å²) in [5.41, 5.74) is 8.03. The maximum Gasteiger partial charge on any atom is 0.138 e. The average Bonchev–Trinajstić information content (AvgIpc) is 3.25. The van der Waals surface area contributed by atoms with Gasteiger partial charge in [0.2, 0.25) is 0 Å². The third-order valence-corrected chi connectivity index (χ3v) is 7.66. The van der Waals surface area contributed by atoms with E-state index in [4.69, 9.17) is 4.98 Å². The first-order valence-electron chi connectivity index (χ1n) is 13.8. The van der Waals surface area contributed by atoms with Gasteiger partial charge in [-0.05, 0) is 82.1 Å². The maximum absolute atomic E-state index is 10.9. The first kappa shape index (κ1) is 25.8. The Morgan fingerprint density at radius 1 is 0.625 bits per heavy atom. The average molecular weight is 526 g/mol. The molecule has 4 nitrogen and oxygen atoms in total. The van der Waals surface area contributed by atoms with E-state index in [1.165, 1.54) is 21.9 Å². The van der Waals surface area contributed by atoms with E-state index >= 15 is 0 Å². The minimum absolute atomic E-state index is 0.0163. The van der Waals surface area contributed by atoms with Gasteiger partial charge >= 0.3 is 0 Å². The molecule has 6 aromatic rings. The van der Waals surface area contributed by atoms with Crippen LogP contribution in [-0.4, -0.2) is 19.6 Å². The number of benzene rings is 3. The molecule has 3 aromatic carbocycles. The zero-order valence-electron chi connectivity index (χ0n) is 24.0. The molecule has 0 aliphatic rings. The van der Waals surface area contributed by atoms with E-state index < -0.39 is 0 Å². The van der Waals surface area contributed by atoms with Crippen molar-refractivity contribution in [1.82, 2.24) is 14.5 Å². The SMILES string of the molecule is CC(C)(C)c1ccc2c(c1)c1cc(C(C)(C)C)c(-c3ccccc3O)cc1n2-c1cccc(-c2ccccn2)n1. The predicted octanol–water partition coefficient (Wildman–Crippen LogP) is 9.21. The molecule has 0 saturated heterocycles. The van der Waals surface area contributed by atoms with Gasteiger partial charge in [0, 0.05) is 22.5 Å². The number of aromatic nitrogens is 3. The molecule has 6 rings (SSSR count). The molecule has 200 valence electrons. The zero-order valence-corrected chi connectivity index (χ0v) is 24.0. The maximum atomic E-state index is 10.9. The van der Waals surface area contributed by atoms with Crippen molar-refractivity contribution in [1.29, 1.82) is 0 Å². The van der Waals surface area contributed by atoms with Crippen LogP contribution in [0.5, 0.6) is 5.75 Å². The minimum atomic E-state index is -0.140. The van der Waals surface area contributed by atoms with Crippen LogP contribution in [0.25, 0.3) is 50.1 Å². The van der Waals surface area contributed by atoms with E-state index in [1.54, 1.807) is 12.3 Å². The van der Waals surface area contributed by atoms with E-state index in [9.17, 15) is 5.11 Å². The Labute approximate surface area is 236 Å². The standard InChI is InChI=1S/C36H35N3O/c1-35(2,3)23-17-18-31-26(20-23)27-21-28(36(4,5)6)25(24-12-7-8-15-33(24)40)22-32(27)39(31)34-16-11-14-30(38-34)29-13-9-10-19-37-29/h7-22,40H,1-6H3. The molecular formula is C36H35N3O. The fourth-order valence-corrected chi connectivity index (χ4v) is 5.53. The molecule has 0 bridgehead atoms. The van der Waals surface area contributed by atoms with Crippen LogP contribution in [0.1, 0.15) is 52.7 Å². The lowest BCUT2D eigenvalue weighted by atomic mass is 9.80. The second-order valence-corrected chi connectivity index (χ2v) is 12.6. The van der Waals surface area contributed by atoms with Gasteiger partial charge in [0.1, 0.15) is 11.6 Å². The Bertz CT molecular complexity index is 1870. The highest BCUT2D eigenvalue weighted by atomic mass is 16.3. The Morgan fingerprint density at radius 3 is 2.05 bits per heavy atom. The number of phenols is 1. The third kappa shape index (κ3) is 4.44. The molecule has 0 radical (unpaired) electrons. The molecule has 0 atom stereocenters. The molecule has 0 saturated carbocycles. The number of fused-ring (bicyclic) bond motifs is 3. The van der Waals surface area contributed by atoms with E-state index in [2.05, 4.69) is 87.5 Å². The smallest absolute Gasteiger partial charge is 0.138 e. The van der Waals surface area contributed by atoms with Crippen molar-refractivity contribution >= 4 is 21.8 Å². The second-order valence-electron chi connectivity index (χ2n) is 12.6. The molecule has 3 aromatic heterocycles. The molecule has 0 spiro atoms. The van der Waals surface area contributed by atoms with Gasteiger partial charge in [-0.15, -0.1) is 0 Å². The number of phenolic OH excluding ortho intramolecular Hbond substituents is 1. The van der Waals surface area contributed by atoms with Crippen molar-refractivity contribution in [2.75, 3.05) is 0 Å². The van der Waals surface area contributed by atoms with E-state index in [0.29, 0.717) is 0 Å². The van der Waals surface area contributed by atoms with Crippen molar-refractivity contribution in [3.05, 3.63) is 108 Å². The van der Waals surface area contributed by atoms with Gasteiger partial charge in [0.05, 0.1) is 22.4 Å². The molecule has 4 heteroatoms. The Morgan fingerprint density at radius 2 is 1.35 bits per heavy atom. The van der Waals surface area contributed by atoms with Gasteiger partial charge in [-0.1, -0.05) is 77.9 Å².